The normalized spacial score (nSPS) is 18.5. The Morgan fingerprint density at radius 2 is 0.500 bits per heavy atom. The number of aliphatic hydroxyl groups is 1. The summed E-state index contributed by atoms with van der Waals surface area (Å²) in [4.78, 5) is 0. The number of halogens is 9. The number of benzene rings is 6. The predicted octanol–water partition coefficient (Wildman–Crippen LogP) is 19.3. The van der Waals surface area contributed by atoms with E-state index < -0.39 is 56.1 Å². The molecular weight excluding hydrogens is 1370 g/mol. The third-order valence-electron chi connectivity index (χ3n) is 17.4. The van der Waals surface area contributed by atoms with Crippen molar-refractivity contribution in [2.75, 3.05) is 85.9 Å². The van der Waals surface area contributed by atoms with Crippen molar-refractivity contribution >= 4 is 0 Å². The van der Waals surface area contributed by atoms with Gasteiger partial charge in [-0.25, -0.2) is 0 Å². The molecule has 8 atom stereocenters. The molecule has 5 aliphatic heterocycles. The van der Waals surface area contributed by atoms with Gasteiger partial charge in [-0.05, 0) is 125 Å². The molecule has 0 amide bonds. The predicted molar refractivity (Wildman–Crippen MR) is 388 cm³/mol. The molecule has 5 fully saturated rings. The number of ether oxygens (including phenoxy) is 13. The van der Waals surface area contributed by atoms with E-state index in [9.17, 15) is 44.6 Å². The maximum atomic E-state index is 12.6. The Kier molecular flexibility index (Phi) is 36.3. The first-order valence-electron chi connectivity index (χ1n) is 33.1. The van der Waals surface area contributed by atoms with Gasteiger partial charge in [0.25, 0.3) is 0 Å². The Bertz CT molecular complexity index is 3160. The quantitative estimate of drug-likeness (QED) is 0.0293. The highest BCUT2D eigenvalue weighted by Gasteiger charge is 2.35. The summed E-state index contributed by atoms with van der Waals surface area (Å²) in [7, 11) is 0. The van der Waals surface area contributed by atoms with Gasteiger partial charge in [-0.1, -0.05) is 159 Å². The number of rotatable bonds is 36. The minimum atomic E-state index is -4.27. The topological polar surface area (TPSA) is 157 Å². The average molecular weight is 1480 g/mol. The zero-order chi connectivity index (χ0) is 70.1. The van der Waals surface area contributed by atoms with Crippen LogP contribution >= 0.6 is 0 Å². The number of alkyl halides is 9. The Balaban J connectivity index is 0.000000395. The molecule has 6 aromatic rings. The van der Waals surface area contributed by atoms with E-state index in [2.05, 4.69) is 65.8 Å². The van der Waals surface area contributed by atoms with Crippen molar-refractivity contribution in [1.82, 2.24) is 0 Å². The van der Waals surface area contributed by atoms with Crippen LogP contribution in [0.15, 0.2) is 146 Å². The Hall–Kier alpha value is -6.83. The molecule has 14 nitrogen and oxygen atoms in total. The van der Waals surface area contributed by atoms with Crippen LogP contribution in [0.3, 0.4) is 0 Å². The molecule has 0 aliphatic carbocycles. The molecule has 0 spiro atoms. The molecule has 6 aromatic carbocycles. The molecule has 5 heterocycles. The third-order valence-corrected chi connectivity index (χ3v) is 17.4. The smallest absolute Gasteiger partial charge is 0.389 e. The molecule has 5 saturated heterocycles. The fourth-order valence-corrected chi connectivity index (χ4v) is 10.2. The molecule has 0 radical (unpaired) electrons. The Morgan fingerprint density at radius 1 is 0.308 bits per heavy atom. The fraction of sp³-hybridized carbons (Fsp3) is 0.556. The van der Waals surface area contributed by atoms with E-state index in [0.717, 1.165) is 70.4 Å². The number of epoxide rings is 5. The van der Waals surface area contributed by atoms with Gasteiger partial charge in [-0.2, -0.15) is 39.5 Å². The molecule has 23 heteroatoms. The van der Waals surface area contributed by atoms with Crippen molar-refractivity contribution in [3.8, 4) is 34.5 Å². The third kappa shape index (κ3) is 32.1. The van der Waals surface area contributed by atoms with Gasteiger partial charge in [0.15, 0.2) is 0 Å². The van der Waals surface area contributed by atoms with E-state index in [0.29, 0.717) is 50.3 Å². The van der Waals surface area contributed by atoms with Crippen molar-refractivity contribution in [3.05, 3.63) is 179 Å². The minimum absolute atomic E-state index is 0. The Morgan fingerprint density at radius 3 is 0.712 bits per heavy atom. The monoisotopic (exact) mass is 1480 g/mol. The standard InChI is InChI=1S/2C26H31F3O5.C23H27F3O4.6CH4/c2*1-25(2,19-5-9-21(10-6-19)31-14-23-16-33-23)18-3-7-20(8-4-18)30-13-22(11-12-26(27,28)29)32-15-24-17-34-24;1-22(2,17-5-9-20(10-6-17)29-14-21-15-30-21)16-3-7-19(8-4-16)28-13-18(27)11-12-23(24,25)26;;;;;;/h2*3-10,22-24H,11-17H2,1-2H3;3-10,18,21,27H,11-15H2,1-2H3;6*1H4. The first kappa shape index (κ1) is 91.4. The van der Waals surface area contributed by atoms with Crippen molar-refractivity contribution in [2.24, 2.45) is 0 Å². The second-order valence-electron chi connectivity index (χ2n) is 26.7. The first-order chi connectivity index (χ1) is 46.5. The highest BCUT2D eigenvalue weighted by Crippen LogP contribution is 2.38. The van der Waals surface area contributed by atoms with Gasteiger partial charge in [0, 0.05) is 35.5 Å². The maximum absolute atomic E-state index is 12.6. The summed E-state index contributed by atoms with van der Waals surface area (Å²) >= 11 is 0. The van der Waals surface area contributed by atoms with E-state index in [1.807, 2.05) is 109 Å². The highest BCUT2D eigenvalue weighted by molar-refractivity contribution is 5.45. The summed E-state index contributed by atoms with van der Waals surface area (Å²) in [6.45, 7) is 18.5. The van der Waals surface area contributed by atoms with Crippen LogP contribution in [0, 0.1) is 0 Å². The molecule has 1 N–H and O–H groups in total. The molecule has 584 valence electrons. The Labute approximate surface area is 611 Å². The zero-order valence-electron chi connectivity index (χ0n) is 56.1. The SMILES string of the molecule is C.C.C.C.C.C.CC(C)(c1ccc(OCC(CCC(F)(F)F)OCC2CO2)cc1)c1ccc(OCC2CO2)cc1.CC(C)(c1ccc(OCC(CCC(F)(F)F)OCC2CO2)cc1)c1ccc(OCC2CO2)cc1.CC(C)(c1ccc(OCC(O)CCC(F)(F)F)cc1)c1ccc(OCC2CO2)cc1. The van der Waals surface area contributed by atoms with Crippen LogP contribution in [0.25, 0.3) is 0 Å². The first-order valence-corrected chi connectivity index (χ1v) is 33.1. The number of hydrogen-bond donors (Lipinski definition) is 1. The van der Waals surface area contributed by atoms with Crippen LogP contribution in [-0.4, -0.2) is 158 Å². The summed E-state index contributed by atoms with van der Waals surface area (Å²) in [5, 5.41) is 9.66. The zero-order valence-corrected chi connectivity index (χ0v) is 56.1. The van der Waals surface area contributed by atoms with Gasteiger partial charge in [0.1, 0.15) is 105 Å². The lowest BCUT2D eigenvalue weighted by molar-refractivity contribution is -0.144. The second-order valence-corrected chi connectivity index (χ2v) is 26.7. The van der Waals surface area contributed by atoms with Gasteiger partial charge in [0.05, 0.1) is 64.6 Å². The molecular formula is C81H113F9O14. The van der Waals surface area contributed by atoms with E-state index in [1.54, 1.807) is 12.1 Å². The van der Waals surface area contributed by atoms with Crippen LogP contribution in [0.1, 0.15) is 158 Å². The summed E-state index contributed by atoms with van der Waals surface area (Å²) in [5.74, 6) is 4.12. The second kappa shape index (κ2) is 41.3. The molecule has 11 rings (SSSR count). The van der Waals surface area contributed by atoms with Crippen LogP contribution in [0.2, 0.25) is 0 Å². The van der Waals surface area contributed by atoms with E-state index in [-0.39, 0.29) is 144 Å². The van der Waals surface area contributed by atoms with Gasteiger partial charge < -0.3 is 66.7 Å². The van der Waals surface area contributed by atoms with Gasteiger partial charge >= 0.3 is 18.5 Å². The van der Waals surface area contributed by atoms with E-state index in [1.165, 1.54) is 0 Å². The van der Waals surface area contributed by atoms with Gasteiger partial charge in [-0.15, -0.1) is 0 Å². The lowest BCUT2D eigenvalue weighted by atomic mass is 9.78. The lowest BCUT2D eigenvalue weighted by Crippen LogP contribution is -2.26. The van der Waals surface area contributed by atoms with Crippen molar-refractivity contribution in [1.29, 1.82) is 0 Å². The van der Waals surface area contributed by atoms with Crippen LogP contribution in [-0.2, 0) is 49.4 Å². The highest BCUT2D eigenvalue weighted by atomic mass is 19.4. The van der Waals surface area contributed by atoms with E-state index >= 15 is 0 Å². The van der Waals surface area contributed by atoms with Crippen LogP contribution in [0.4, 0.5) is 39.5 Å². The van der Waals surface area contributed by atoms with Crippen molar-refractivity contribution in [2.45, 2.75) is 208 Å². The molecule has 8 unspecified atom stereocenters. The molecule has 5 aliphatic rings. The molecule has 0 bridgehead atoms. The average Bonchev–Trinajstić information content (AvgIpc) is 1.38. The van der Waals surface area contributed by atoms with Crippen LogP contribution in [0.5, 0.6) is 34.5 Å². The molecule has 104 heavy (non-hydrogen) atoms. The van der Waals surface area contributed by atoms with Gasteiger partial charge in [0.2, 0.25) is 0 Å². The number of hydrogen-bond acceptors (Lipinski definition) is 14. The lowest BCUT2D eigenvalue weighted by Gasteiger charge is -2.26. The van der Waals surface area contributed by atoms with Crippen LogP contribution < -0.4 is 28.4 Å². The van der Waals surface area contributed by atoms with E-state index in [4.69, 9.17) is 61.6 Å². The minimum Gasteiger partial charge on any atom is -0.491 e. The van der Waals surface area contributed by atoms with Crippen molar-refractivity contribution in [3.63, 3.8) is 0 Å². The summed E-state index contributed by atoms with van der Waals surface area (Å²) < 4.78 is 183. The number of aliphatic hydroxyl groups excluding tert-OH is 1. The molecule has 0 aromatic heterocycles. The van der Waals surface area contributed by atoms with Gasteiger partial charge in [-0.3, -0.25) is 0 Å². The van der Waals surface area contributed by atoms with Crippen molar-refractivity contribution < 1.29 is 106 Å². The largest absolute Gasteiger partial charge is 0.491 e. The molecule has 0 saturated carbocycles. The summed E-state index contributed by atoms with van der Waals surface area (Å²) in [5.41, 5.74) is 5.88. The maximum Gasteiger partial charge on any atom is 0.389 e. The fourth-order valence-electron chi connectivity index (χ4n) is 10.2. The summed E-state index contributed by atoms with van der Waals surface area (Å²) in [6, 6.07) is 46.7. The summed E-state index contributed by atoms with van der Waals surface area (Å²) in [6.07, 6.45) is -18.0.